The number of thiophene rings is 1. The third kappa shape index (κ3) is 7.02. The Labute approximate surface area is 446 Å². The van der Waals surface area contributed by atoms with Gasteiger partial charge in [-0.3, -0.25) is 0 Å². The van der Waals surface area contributed by atoms with Gasteiger partial charge in [-0.15, -0.1) is 11.3 Å². The number of nitrogens with zero attached hydrogens (tertiary/aromatic N) is 2. The Hall–Kier alpha value is -9.48. The van der Waals surface area contributed by atoms with E-state index >= 15 is 0 Å². The van der Waals surface area contributed by atoms with Crippen molar-refractivity contribution in [3.63, 3.8) is 0 Å². The molecule has 2 aromatic heterocycles. The van der Waals surface area contributed by atoms with Gasteiger partial charge in [0, 0.05) is 65.2 Å². The van der Waals surface area contributed by atoms with E-state index in [4.69, 9.17) is 4.42 Å². The second-order valence-electron chi connectivity index (χ2n) is 19.5. The molecule has 0 N–H and O–H groups in total. The normalized spacial score (nSPS) is 12.6. The number of para-hydroxylation sites is 3. The molecule has 0 fully saturated rings. The predicted octanol–water partition coefficient (Wildman–Crippen LogP) is 20.6. The van der Waals surface area contributed by atoms with Gasteiger partial charge in [0.15, 0.2) is 5.58 Å². The molecule has 0 bridgehead atoms. The van der Waals surface area contributed by atoms with Crippen molar-refractivity contribution >= 4 is 100 Å². The molecular formula is C72H50N2OS. The van der Waals surface area contributed by atoms with Crippen LogP contribution in [0.1, 0.15) is 39.6 Å². The van der Waals surface area contributed by atoms with Gasteiger partial charge in [-0.1, -0.05) is 213 Å². The lowest BCUT2D eigenvalue weighted by atomic mass is 9.67. The van der Waals surface area contributed by atoms with Crippen LogP contribution < -0.4 is 9.80 Å². The third-order valence-electron chi connectivity index (χ3n) is 15.4. The maximum atomic E-state index is 7.36. The molecule has 11 aromatic carbocycles. The standard InChI is InChI=1S/C72H50N2OS/c1-3-24-59-65(4-2)76-71-66(59)62(74(55-35-18-9-19-36-55)57-44-41-49-27-20-21-28-51(49)45-57)46-61-69(71)68-60(72(61,52-29-12-6-13-30-52)53-31-14-7-15-32-53)47-63(70-67(68)58-37-22-23-38-64(58)75-70)73(54-33-16-8-17-34-54)56-42-39-50(40-43-56)48-25-10-5-11-26-48/h3-47H,2H2,1H3/b24-3-. The van der Waals surface area contributed by atoms with Gasteiger partial charge >= 0.3 is 0 Å². The number of hydrogen-bond acceptors (Lipinski definition) is 4. The molecule has 0 aliphatic heterocycles. The number of furan rings is 1. The molecule has 1 aliphatic carbocycles. The van der Waals surface area contributed by atoms with E-state index in [2.05, 4.69) is 290 Å². The highest BCUT2D eigenvalue weighted by Gasteiger charge is 2.50. The summed E-state index contributed by atoms with van der Waals surface area (Å²) in [6, 6.07) is 92.7. The molecule has 1 aliphatic rings. The number of allylic oxidation sites excluding steroid dienone is 1. The average molecular weight is 991 g/mol. The van der Waals surface area contributed by atoms with Crippen molar-refractivity contribution in [2.24, 2.45) is 0 Å². The van der Waals surface area contributed by atoms with Gasteiger partial charge in [-0.2, -0.15) is 0 Å². The summed E-state index contributed by atoms with van der Waals surface area (Å²) in [7, 11) is 0. The number of fused-ring (bicyclic) bond motifs is 10. The van der Waals surface area contributed by atoms with Crippen molar-refractivity contribution in [3.8, 4) is 22.3 Å². The van der Waals surface area contributed by atoms with Crippen LogP contribution in [0.2, 0.25) is 0 Å². The van der Waals surface area contributed by atoms with E-state index in [9.17, 15) is 0 Å². The summed E-state index contributed by atoms with van der Waals surface area (Å²) in [6.07, 6.45) is 6.49. The Morgan fingerprint density at radius 1 is 0.461 bits per heavy atom. The zero-order valence-corrected chi connectivity index (χ0v) is 42.7. The van der Waals surface area contributed by atoms with E-state index in [0.717, 1.165) is 72.1 Å². The van der Waals surface area contributed by atoms with Crippen molar-refractivity contribution in [2.75, 3.05) is 9.80 Å². The summed E-state index contributed by atoms with van der Waals surface area (Å²) in [5.74, 6) is 0. The second-order valence-corrected chi connectivity index (χ2v) is 20.5. The van der Waals surface area contributed by atoms with Crippen LogP contribution in [-0.4, -0.2) is 0 Å². The van der Waals surface area contributed by atoms with Gasteiger partial charge in [-0.25, -0.2) is 0 Å². The van der Waals surface area contributed by atoms with Crippen LogP contribution in [0.5, 0.6) is 0 Å². The molecule has 14 rings (SSSR count). The molecule has 0 saturated carbocycles. The van der Waals surface area contributed by atoms with E-state index in [1.54, 1.807) is 0 Å². The monoisotopic (exact) mass is 990 g/mol. The van der Waals surface area contributed by atoms with Crippen LogP contribution in [0, 0.1) is 0 Å². The lowest BCUT2D eigenvalue weighted by Crippen LogP contribution is -2.29. The lowest BCUT2D eigenvalue weighted by Gasteiger charge is -2.36. The molecule has 4 heteroatoms. The molecule has 0 amide bonds. The van der Waals surface area contributed by atoms with Gasteiger partial charge < -0.3 is 14.2 Å². The van der Waals surface area contributed by atoms with Gasteiger partial charge in [-0.05, 0) is 118 Å². The highest BCUT2D eigenvalue weighted by molar-refractivity contribution is 7.21. The van der Waals surface area contributed by atoms with Crippen LogP contribution in [0.15, 0.2) is 272 Å². The Bertz CT molecular complexity index is 4310. The van der Waals surface area contributed by atoms with Crippen LogP contribution in [0.4, 0.5) is 34.1 Å². The summed E-state index contributed by atoms with van der Waals surface area (Å²) < 4.78 is 8.56. The maximum Gasteiger partial charge on any atom is 0.160 e. The molecule has 2 heterocycles. The van der Waals surface area contributed by atoms with Crippen LogP contribution in [0.3, 0.4) is 0 Å². The lowest BCUT2D eigenvalue weighted by molar-refractivity contribution is 0.668. The summed E-state index contributed by atoms with van der Waals surface area (Å²) in [5, 5.41) is 5.71. The van der Waals surface area contributed by atoms with E-state index < -0.39 is 5.41 Å². The van der Waals surface area contributed by atoms with Crippen molar-refractivity contribution in [1.82, 2.24) is 0 Å². The molecule has 3 nitrogen and oxygen atoms in total. The Morgan fingerprint density at radius 3 is 1.62 bits per heavy atom. The average Bonchev–Trinajstić information content (AvgIpc) is 4.35. The first-order valence-electron chi connectivity index (χ1n) is 26.0. The quantitative estimate of drug-likeness (QED) is 0.129. The van der Waals surface area contributed by atoms with Crippen molar-refractivity contribution < 1.29 is 4.42 Å². The maximum absolute atomic E-state index is 7.36. The first-order chi connectivity index (χ1) is 37.6. The minimum absolute atomic E-state index is 0.826. The first kappa shape index (κ1) is 45.2. The Balaban J connectivity index is 1.17. The molecule has 0 spiro atoms. The zero-order chi connectivity index (χ0) is 50.7. The van der Waals surface area contributed by atoms with Gasteiger partial charge in [0.2, 0.25) is 0 Å². The van der Waals surface area contributed by atoms with Crippen LogP contribution in [0.25, 0.3) is 77.2 Å². The smallest absolute Gasteiger partial charge is 0.160 e. The molecule has 0 atom stereocenters. The fourth-order valence-electron chi connectivity index (χ4n) is 12.2. The third-order valence-corrected chi connectivity index (χ3v) is 16.6. The minimum Gasteiger partial charge on any atom is -0.454 e. The molecular weight excluding hydrogens is 941 g/mol. The number of rotatable bonds is 11. The topological polar surface area (TPSA) is 19.6 Å². The van der Waals surface area contributed by atoms with Crippen LogP contribution >= 0.6 is 11.3 Å². The summed E-state index contributed by atoms with van der Waals surface area (Å²) in [5.41, 5.74) is 17.7. The summed E-state index contributed by atoms with van der Waals surface area (Å²) in [6.45, 7) is 6.61. The zero-order valence-electron chi connectivity index (χ0n) is 41.9. The van der Waals surface area contributed by atoms with E-state index in [1.165, 1.54) is 59.8 Å². The minimum atomic E-state index is -0.832. The molecule has 0 radical (unpaired) electrons. The van der Waals surface area contributed by atoms with Gasteiger partial charge in [0.1, 0.15) is 5.58 Å². The first-order valence-corrected chi connectivity index (χ1v) is 26.8. The Kier molecular flexibility index (Phi) is 11.0. The van der Waals surface area contributed by atoms with Gasteiger partial charge in [0.25, 0.3) is 0 Å². The molecule has 13 aromatic rings. The highest BCUT2D eigenvalue weighted by Crippen LogP contribution is 2.65. The Morgan fingerprint density at radius 2 is 0.974 bits per heavy atom. The van der Waals surface area contributed by atoms with Crippen molar-refractivity contribution in [3.05, 3.63) is 300 Å². The molecule has 0 saturated heterocycles. The van der Waals surface area contributed by atoms with Gasteiger partial charge in [0.05, 0.1) is 16.8 Å². The molecule has 360 valence electrons. The van der Waals surface area contributed by atoms with Crippen molar-refractivity contribution in [2.45, 2.75) is 12.3 Å². The summed E-state index contributed by atoms with van der Waals surface area (Å²) >= 11 is 1.83. The van der Waals surface area contributed by atoms with E-state index in [1.807, 2.05) is 17.4 Å². The molecule has 76 heavy (non-hydrogen) atoms. The largest absolute Gasteiger partial charge is 0.454 e. The van der Waals surface area contributed by atoms with E-state index in [-0.39, 0.29) is 0 Å². The summed E-state index contributed by atoms with van der Waals surface area (Å²) in [4.78, 5) is 5.99. The fraction of sp³-hybridized carbons (Fsp3) is 0.0278. The predicted molar refractivity (Wildman–Crippen MR) is 324 cm³/mol. The van der Waals surface area contributed by atoms with E-state index in [0.29, 0.717) is 0 Å². The number of benzene rings is 11. The highest BCUT2D eigenvalue weighted by atomic mass is 32.1. The number of hydrogen-bond donors (Lipinski definition) is 0. The number of anilines is 6. The van der Waals surface area contributed by atoms with Crippen molar-refractivity contribution in [1.29, 1.82) is 0 Å². The molecule has 0 unspecified atom stereocenters. The fourth-order valence-corrected chi connectivity index (χ4v) is 13.4. The SMILES string of the molecule is C=Cc1sc2c3c(cc(N(c4ccccc4)c4ccc5ccccc5c4)c2c1/C=C\C)C(c1ccccc1)(c1ccccc1)c1cc(N(c2ccccc2)c2ccc(-c4ccccc4)cc2)c2oc4ccccc4c2c1-3. The van der Waals surface area contributed by atoms with Crippen LogP contribution in [-0.2, 0) is 5.41 Å². The second kappa shape index (κ2) is 18.5.